The number of anilines is 1. The molecule has 0 unspecified atom stereocenters. The van der Waals surface area contributed by atoms with E-state index in [1.807, 2.05) is 42.5 Å². The molecule has 5 nitrogen and oxygen atoms in total. The Morgan fingerprint density at radius 1 is 1.03 bits per heavy atom. The monoisotopic (exact) mass is 484 g/mol. The van der Waals surface area contributed by atoms with Gasteiger partial charge in [0.25, 0.3) is 5.91 Å². The fourth-order valence-electron chi connectivity index (χ4n) is 2.93. The fraction of sp³-hybridized carbons (Fsp3) is 0.0833. The van der Waals surface area contributed by atoms with E-state index in [1.54, 1.807) is 36.8 Å². The maximum absolute atomic E-state index is 12.6. The van der Waals surface area contributed by atoms with Crippen LogP contribution in [0.25, 0.3) is 10.6 Å². The van der Waals surface area contributed by atoms with Crippen molar-refractivity contribution in [3.8, 4) is 22.1 Å². The molecule has 0 aliphatic carbocycles. The van der Waals surface area contributed by atoms with Crippen LogP contribution in [0.5, 0.6) is 11.5 Å². The molecule has 1 N–H and O–H groups in total. The van der Waals surface area contributed by atoms with Gasteiger partial charge in [0.2, 0.25) is 0 Å². The SMILES string of the molecule is COc1cccc(NC(=O)c2csc(-c3cccc(OCc4ccc(Cl)cc4Cl)c3)n2)c1. The molecule has 0 aliphatic heterocycles. The van der Waals surface area contributed by atoms with Gasteiger partial charge in [0.15, 0.2) is 0 Å². The number of carbonyl (C=O) groups excluding carboxylic acids is 1. The quantitative estimate of drug-likeness (QED) is 0.308. The van der Waals surface area contributed by atoms with Crippen LogP contribution < -0.4 is 14.8 Å². The molecule has 0 saturated heterocycles. The van der Waals surface area contributed by atoms with Gasteiger partial charge in [-0.2, -0.15) is 0 Å². The average Bonchev–Trinajstić information content (AvgIpc) is 3.29. The first-order chi connectivity index (χ1) is 15.5. The number of hydrogen-bond donors (Lipinski definition) is 1. The number of methoxy groups -OCH3 is 1. The summed E-state index contributed by atoms with van der Waals surface area (Å²) in [7, 11) is 1.58. The largest absolute Gasteiger partial charge is 0.497 e. The maximum atomic E-state index is 12.6. The Balaban J connectivity index is 1.45. The predicted octanol–water partition coefficient (Wildman–Crippen LogP) is 6.96. The Hall–Kier alpha value is -3.06. The maximum Gasteiger partial charge on any atom is 0.275 e. The highest BCUT2D eigenvalue weighted by molar-refractivity contribution is 7.13. The molecular weight excluding hydrogens is 467 g/mol. The molecular formula is C24H18Cl2N2O3S. The van der Waals surface area contributed by atoms with E-state index >= 15 is 0 Å². The summed E-state index contributed by atoms with van der Waals surface area (Å²) < 4.78 is 11.1. The van der Waals surface area contributed by atoms with E-state index in [-0.39, 0.29) is 5.91 Å². The van der Waals surface area contributed by atoms with Crippen molar-refractivity contribution in [1.29, 1.82) is 0 Å². The number of ether oxygens (including phenoxy) is 2. The lowest BCUT2D eigenvalue weighted by molar-refractivity contribution is 0.102. The molecule has 0 fully saturated rings. The van der Waals surface area contributed by atoms with Crippen molar-refractivity contribution >= 4 is 46.1 Å². The van der Waals surface area contributed by atoms with E-state index in [0.717, 1.165) is 16.1 Å². The standard InChI is InChI=1S/C24H18Cl2N2O3S/c1-30-19-6-3-5-18(12-19)27-23(29)22-14-32-24(28-22)15-4-2-7-20(10-15)31-13-16-8-9-17(25)11-21(16)26/h2-12,14H,13H2,1H3,(H,27,29). The number of nitrogens with one attached hydrogen (secondary N) is 1. The highest BCUT2D eigenvalue weighted by Gasteiger charge is 2.13. The smallest absolute Gasteiger partial charge is 0.275 e. The lowest BCUT2D eigenvalue weighted by Gasteiger charge is -2.09. The lowest BCUT2D eigenvalue weighted by atomic mass is 10.2. The van der Waals surface area contributed by atoms with Gasteiger partial charge in [-0.05, 0) is 36.4 Å². The summed E-state index contributed by atoms with van der Waals surface area (Å²) in [6.07, 6.45) is 0. The summed E-state index contributed by atoms with van der Waals surface area (Å²) >= 11 is 13.5. The molecule has 0 aliphatic rings. The molecule has 1 aromatic heterocycles. The van der Waals surface area contributed by atoms with Crippen molar-refractivity contribution in [2.75, 3.05) is 12.4 Å². The van der Waals surface area contributed by atoms with Crippen molar-refractivity contribution in [3.05, 3.63) is 93.4 Å². The van der Waals surface area contributed by atoms with Gasteiger partial charge in [-0.1, -0.05) is 47.5 Å². The highest BCUT2D eigenvalue weighted by atomic mass is 35.5. The molecule has 0 spiro atoms. The van der Waals surface area contributed by atoms with Crippen LogP contribution in [0, 0.1) is 0 Å². The van der Waals surface area contributed by atoms with Gasteiger partial charge >= 0.3 is 0 Å². The molecule has 8 heteroatoms. The van der Waals surface area contributed by atoms with Crippen molar-refractivity contribution in [1.82, 2.24) is 4.98 Å². The molecule has 32 heavy (non-hydrogen) atoms. The second-order valence-corrected chi connectivity index (χ2v) is 8.48. The zero-order valence-electron chi connectivity index (χ0n) is 17.0. The van der Waals surface area contributed by atoms with E-state index in [0.29, 0.717) is 39.5 Å². The zero-order valence-corrected chi connectivity index (χ0v) is 19.3. The van der Waals surface area contributed by atoms with Crippen LogP contribution in [0.1, 0.15) is 16.1 Å². The van der Waals surface area contributed by atoms with Gasteiger partial charge in [0, 0.05) is 38.3 Å². The van der Waals surface area contributed by atoms with Gasteiger partial charge < -0.3 is 14.8 Å². The van der Waals surface area contributed by atoms with Crippen molar-refractivity contribution in [2.24, 2.45) is 0 Å². The topological polar surface area (TPSA) is 60.5 Å². The Labute approximate surface area is 199 Å². The third-order valence-electron chi connectivity index (χ3n) is 4.55. The number of nitrogens with zero attached hydrogens (tertiary/aromatic N) is 1. The molecule has 4 rings (SSSR count). The zero-order chi connectivity index (χ0) is 22.5. The number of benzene rings is 3. The second-order valence-electron chi connectivity index (χ2n) is 6.78. The van der Waals surface area contributed by atoms with Crippen LogP contribution in [-0.2, 0) is 6.61 Å². The van der Waals surface area contributed by atoms with Gasteiger partial charge in [-0.15, -0.1) is 11.3 Å². The minimum absolute atomic E-state index is 0.287. The minimum Gasteiger partial charge on any atom is -0.497 e. The molecule has 162 valence electrons. The van der Waals surface area contributed by atoms with Gasteiger partial charge in [0.05, 0.1) is 7.11 Å². The lowest BCUT2D eigenvalue weighted by Crippen LogP contribution is -2.12. The van der Waals surface area contributed by atoms with Crippen LogP contribution >= 0.6 is 34.5 Å². The van der Waals surface area contributed by atoms with Crippen LogP contribution in [0.3, 0.4) is 0 Å². The Morgan fingerprint density at radius 3 is 2.66 bits per heavy atom. The number of rotatable bonds is 7. The molecule has 0 radical (unpaired) electrons. The third kappa shape index (κ3) is 5.40. The number of amides is 1. The van der Waals surface area contributed by atoms with E-state index < -0.39 is 0 Å². The second kappa shape index (κ2) is 10.0. The summed E-state index contributed by atoms with van der Waals surface area (Å²) in [6.45, 7) is 0.311. The number of thiazole rings is 1. The molecule has 1 amide bonds. The third-order valence-corrected chi connectivity index (χ3v) is 6.03. The molecule has 0 saturated carbocycles. The number of aromatic nitrogens is 1. The molecule has 0 bridgehead atoms. The molecule has 3 aromatic carbocycles. The highest BCUT2D eigenvalue weighted by Crippen LogP contribution is 2.29. The first kappa shape index (κ1) is 22.1. The van der Waals surface area contributed by atoms with Crippen LogP contribution in [0.4, 0.5) is 5.69 Å². The van der Waals surface area contributed by atoms with Crippen LogP contribution in [-0.4, -0.2) is 18.0 Å². The summed E-state index contributed by atoms with van der Waals surface area (Å²) in [5, 5.41) is 6.42. The van der Waals surface area contributed by atoms with Gasteiger partial charge in [0.1, 0.15) is 28.8 Å². The molecule has 0 atom stereocenters. The minimum atomic E-state index is -0.287. The van der Waals surface area contributed by atoms with Crippen LogP contribution in [0.15, 0.2) is 72.1 Å². The fourth-order valence-corrected chi connectivity index (χ4v) is 4.19. The number of halogens is 2. The van der Waals surface area contributed by atoms with E-state index in [1.165, 1.54) is 11.3 Å². The van der Waals surface area contributed by atoms with Crippen molar-refractivity contribution in [3.63, 3.8) is 0 Å². The van der Waals surface area contributed by atoms with E-state index in [9.17, 15) is 4.79 Å². The normalized spacial score (nSPS) is 10.6. The molecule has 4 aromatic rings. The summed E-state index contributed by atoms with van der Waals surface area (Å²) in [5.74, 6) is 1.05. The first-order valence-corrected chi connectivity index (χ1v) is 11.2. The van der Waals surface area contributed by atoms with Crippen molar-refractivity contribution in [2.45, 2.75) is 6.61 Å². The van der Waals surface area contributed by atoms with Crippen LogP contribution in [0.2, 0.25) is 10.0 Å². The van der Waals surface area contributed by atoms with E-state index in [4.69, 9.17) is 32.7 Å². The Morgan fingerprint density at radius 2 is 1.84 bits per heavy atom. The predicted molar refractivity (Wildman–Crippen MR) is 129 cm³/mol. The van der Waals surface area contributed by atoms with E-state index in [2.05, 4.69) is 10.3 Å². The Kier molecular flexibility index (Phi) is 6.95. The van der Waals surface area contributed by atoms with Gasteiger partial charge in [-0.3, -0.25) is 4.79 Å². The molecule has 1 heterocycles. The summed E-state index contributed by atoms with van der Waals surface area (Å²) in [4.78, 5) is 17.1. The van der Waals surface area contributed by atoms with Gasteiger partial charge in [-0.25, -0.2) is 4.98 Å². The number of carbonyl (C=O) groups is 1. The summed E-state index contributed by atoms with van der Waals surface area (Å²) in [6, 6.07) is 20.0. The average molecular weight is 485 g/mol. The Bertz CT molecular complexity index is 1260. The summed E-state index contributed by atoms with van der Waals surface area (Å²) in [5.41, 5.74) is 2.68. The number of hydrogen-bond acceptors (Lipinski definition) is 5. The van der Waals surface area contributed by atoms with Crippen molar-refractivity contribution < 1.29 is 14.3 Å². The first-order valence-electron chi connectivity index (χ1n) is 9.60.